The third-order valence-corrected chi connectivity index (χ3v) is 5.62. The number of nitrogens with one attached hydrogen (secondary N) is 1. The molecule has 0 spiro atoms. The lowest BCUT2D eigenvalue weighted by Crippen LogP contribution is -2.38. The van der Waals surface area contributed by atoms with E-state index in [0.717, 1.165) is 31.5 Å². The predicted octanol–water partition coefficient (Wildman–Crippen LogP) is 3.64. The molecule has 7 heteroatoms. The van der Waals surface area contributed by atoms with E-state index in [1.807, 2.05) is 30.3 Å². The van der Waals surface area contributed by atoms with Crippen molar-refractivity contribution in [1.29, 1.82) is 0 Å². The van der Waals surface area contributed by atoms with Crippen LogP contribution in [0.2, 0.25) is 0 Å². The Morgan fingerprint density at radius 3 is 2.13 bits per heavy atom. The smallest absolute Gasteiger partial charge is 0.225 e. The molecule has 1 aliphatic rings. The molecular weight excluding hydrogens is 396 g/mol. The standard InChI is InChI=1S/C24H30N2O5/c1-29-20-15-19(16-21(30-2)24(20)31-3)25-22(27)11-14-26-12-9-18(10-13-26)23(28)17-7-5-4-6-8-17/h4-8,15-16,18H,9-14H2,1-3H3,(H,25,27). The number of rotatable bonds is 9. The molecule has 1 N–H and O–H groups in total. The summed E-state index contributed by atoms with van der Waals surface area (Å²) in [4.78, 5) is 27.3. The van der Waals surface area contributed by atoms with E-state index in [2.05, 4.69) is 10.2 Å². The van der Waals surface area contributed by atoms with E-state index in [0.29, 0.717) is 35.9 Å². The number of ether oxygens (including phenoxy) is 3. The molecule has 0 aliphatic carbocycles. The third-order valence-electron chi connectivity index (χ3n) is 5.62. The fourth-order valence-electron chi connectivity index (χ4n) is 3.89. The van der Waals surface area contributed by atoms with Crippen molar-refractivity contribution < 1.29 is 23.8 Å². The molecule has 166 valence electrons. The van der Waals surface area contributed by atoms with Crippen molar-refractivity contribution in [3.63, 3.8) is 0 Å². The highest BCUT2D eigenvalue weighted by molar-refractivity contribution is 5.97. The molecular formula is C24H30N2O5. The summed E-state index contributed by atoms with van der Waals surface area (Å²) in [5.41, 5.74) is 1.37. The first-order valence-electron chi connectivity index (χ1n) is 10.5. The van der Waals surface area contributed by atoms with Crippen LogP contribution in [-0.4, -0.2) is 57.6 Å². The number of methoxy groups -OCH3 is 3. The molecule has 0 unspecified atom stereocenters. The molecule has 7 nitrogen and oxygen atoms in total. The minimum atomic E-state index is -0.0863. The van der Waals surface area contributed by atoms with Crippen LogP contribution in [0, 0.1) is 5.92 Å². The minimum Gasteiger partial charge on any atom is -0.493 e. The summed E-state index contributed by atoms with van der Waals surface area (Å²) in [5.74, 6) is 1.66. The molecule has 1 heterocycles. The number of hydrogen-bond acceptors (Lipinski definition) is 6. The average Bonchev–Trinajstić information content (AvgIpc) is 2.82. The molecule has 1 saturated heterocycles. The number of nitrogens with zero attached hydrogens (tertiary/aromatic N) is 1. The number of anilines is 1. The van der Waals surface area contributed by atoms with Gasteiger partial charge in [0.05, 0.1) is 21.3 Å². The number of benzene rings is 2. The van der Waals surface area contributed by atoms with Crippen molar-refractivity contribution in [1.82, 2.24) is 4.90 Å². The van der Waals surface area contributed by atoms with Crippen LogP contribution in [-0.2, 0) is 4.79 Å². The summed E-state index contributed by atoms with van der Waals surface area (Å²) in [6.45, 7) is 2.30. The number of ketones is 1. The van der Waals surface area contributed by atoms with Gasteiger partial charge in [0.2, 0.25) is 11.7 Å². The van der Waals surface area contributed by atoms with Gasteiger partial charge in [0.25, 0.3) is 0 Å². The quantitative estimate of drug-likeness (QED) is 0.617. The van der Waals surface area contributed by atoms with Gasteiger partial charge in [-0.25, -0.2) is 0 Å². The van der Waals surface area contributed by atoms with Crippen LogP contribution in [0.1, 0.15) is 29.6 Å². The topological polar surface area (TPSA) is 77.1 Å². The second-order valence-electron chi connectivity index (χ2n) is 7.56. The monoisotopic (exact) mass is 426 g/mol. The Kier molecular flexibility index (Phi) is 7.89. The second kappa shape index (κ2) is 10.8. The molecule has 0 bridgehead atoms. The van der Waals surface area contributed by atoms with Gasteiger partial charge < -0.3 is 24.4 Å². The van der Waals surface area contributed by atoms with E-state index in [1.165, 1.54) is 21.3 Å². The van der Waals surface area contributed by atoms with Crippen molar-refractivity contribution in [2.45, 2.75) is 19.3 Å². The number of piperidine rings is 1. The van der Waals surface area contributed by atoms with Crippen molar-refractivity contribution in [2.24, 2.45) is 5.92 Å². The van der Waals surface area contributed by atoms with E-state index >= 15 is 0 Å². The van der Waals surface area contributed by atoms with Crippen molar-refractivity contribution >= 4 is 17.4 Å². The zero-order valence-corrected chi connectivity index (χ0v) is 18.3. The zero-order chi connectivity index (χ0) is 22.2. The molecule has 0 saturated carbocycles. The number of hydrogen-bond donors (Lipinski definition) is 1. The molecule has 2 aromatic carbocycles. The summed E-state index contributed by atoms with van der Waals surface area (Å²) >= 11 is 0. The van der Waals surface area contributed by atoms with E-state index in [-0.39, 0.29) is 17.6 Å². The second-order valence-corrected chi connectivity index (χ2v) is 7.56. The molecule has 1 fully saturated rings. The largest absolute Gasteiger partial charge is 0.493 e. The van der Waals surface area contributed by atoms with E-state index in [4.69, 9.17) is 14.2 Å². The first kappa shape index (κ1) is 22.6. The summed E-state index contributed by atoms with van der Waals surface area (Å²) in [7, 11) is 4.61. The number of carbonyl (C=O) groups is 2. The Morgan fingerprint density at radius 2 is 1.58 bits per heavy atom. The Morgan fingerprint density at radius 1 is 0.968 bits per heavy atom. The lowest BCUT2D eigenvalue weighted by molar-refractivity contribution is -0.116. The Hall–Kier alpha value is -3.06. The maximum atomic E-state index is 12.6. The van der Waals surface area contributed by atoms with E-state index < -0.39 is 0 Å². The SMILES string of the molecule is COc1cc(NC(=O)CCN2CCC(C(=O)c3ccccc3)CC2)cc(OC)c1OC. The fourth-order valence-corrected chi connectivity index (χ4v) is 3.89. The van der Waals surface area contributed by atoms with Crippen molar-refractivity contribution in [3.05, 3.63) is 48.0 Å². The van der Waals surface area contributed by atoms with Crippen LogP contribution in [0.3, 0.4) is 0 Å². The number of amides is 1. The summed E-state index contributed by atoms with van der Waals surface area (Å²) in [6, 6.07) is 12.9. The first-order valence-corrected chi connectivity index (χ1v) is 10.5. The van der Waals surface area contributed by atoms with Gasteiger partial charge in [-0.05, 0) is 25.9 Å². The van der Waals surface area contributed by atoms with E-state index in [9.17, 15) is 9.59 Å². The van der Waals surface area contributed by atoms with Gasteiger partial charge in [0.15, 0.2) is 17.3 Å². The van der Waals surface area contributed by atoms with Gasteiger partial charge in [0.1, 0.15) is 0 Å². The molecule has 2 aromatic rings. The van der Waals surface area contributed by atoms with Crippen LogP contribution >= 0.6 is 0 Å². The number of likely N-dealkylation sites (tertiary alicyclic amines) is 1. The van der Waals surface area contributed by atoms with Crippen LogP contribution in [0.5, 0.6) is 17.2 Å². The molecule has 1 amide bonds. The van der Waals surface area contributed by atoms with E-state index in [1.54, 1.807) is 12.1 Å². The lowest BCUT2D eigenvalue weighted by atomic mass is 9.89. The number of Topliss-reactive ketones (excluding diaryl/α,β-unsaturated/α-hetero) is 1. The highest BCUT2D eigenvalue weighted by Gasteiger charge is 2.25. The van der Waals surface area contributed by atoms with Gasteiger partial charge >= 0.3 is 0 Å². The summed E-state index contributed by atoms with van der Waals surface area (Å²) in [6.07, 6.45) is 2.01. The minimum absolute atomic E-state index is 0.0618. The van der Waals surface area contributed by atoms with Crippen LogP contribution in [0.25, 0.3) is 0 Å². The highest BCUT2D eigenvalue weighted by Crippen LogP contribution is 2.39. The van der Waals surface area contributed by atoms with Gasteiger partial charge in [-0.15, -0.1) is 0 Å². The lowest BCUT2D eigenvalue weighted by Gasteiger charge is -2.31. The molecule has 0 atom stereocenters. The maximum Gasteiger partial charge on any atom is 0.225 e. The predicted molar refractivity (Wildman–Crippen MR) is 119 cm³/mol. The fraction of sp³-hybridized carbons (Fsp3) is 0.417. The van der Waals surface area contributed by atoms with Crippen LogP contribution in [0.4, 0.5) is 5.69 Å². The molecule has 3 rings (SSSR count). The van der Waals surface area contributed by atoms with Crippen LogP contribution < -0.4 is 19.5 Å². The summed E-state index contributed by atoms with van der Waals surface area (Å²) in [5, 5.41) is 2.90. The average molecular weight is 427 g/mol. The highest BCUT2D eigenvalue weighted by atomic mass is 16.5. The van der Waals surface area contributed by atoms with Gasteiger partial charge in [-0.2, -0.15) is 0 Å². The van der Waals surface area contributed by atoms with Crippen molar-refractivity contribution in [2.75, 3.05) is 46.3 Å². The van der Waals surface area contributed by atoms with Gasteiger partial charge in [0, 0.05) is 42.3 Å². The molecule has 0 aromatic heterocycles. The number of carbonyl (C=O) groups excluding carboxylic acids is 2. The van der Waals surface area contributed by atoms with Crippen molar-refractivity contribution in [3.8, 4) is 17.2 Å². The first-order chi connectivity index (χ1) is 15.0. The third kappa shape index (κ3) is 5.76. The normalized spacial score (nSPS) is 14.7. The molecule has 31 heavy (non-hydrogen) atoms. The van der Waals surface area contributed by atoms with Gasteiger partial charge in [-0.1, -0.05) is 30.3 Å². The van der Waals surface area contributed by atoms with Crippen LogP contribution in [0.15, 0.2) is 42.5 Å². The Balaban J connectivity index is 1.48. The zero-order valence-electron chi connectivity index (χ0n) is 18.3. The Labute approximate surface area is 183 Å². The van der Waals surface area contributed by atoms with Gasteiger partial charge in [-0.3, -0.25) is 9.59 Å². The molecule has 1 aliphatic heterocycles. The Bertz CT molecular complexity index is 867. The maximum absolute atomic E-state index is 12.6. The molecule has 0 radical (unpaired) electrons. The summed E-state index contributed by atoms with van der Waals surface area (Å²) < 4.78 is 16.0.